The van der Waals surface area contributed by atoms with Crippen molar-refractivity contribution in [1.82, 2.24) is 24.1 Å². The molecule has 0 spiro atoms. The molecule has 2 heterocycles. The summed E-state index contributed by atoms with van der Waals surface area (Å²) in [6.45, 7) is 0.476. The lowest BCUT2D eigenvalue weighted by molar-refractivity contribution is 0.343. The van der Waals surface area contributed by atoms with Crippen LogP contribution in [0.1, 0.15) is 18.9 Å². The first-order valence-electron chi connectivity index (χ1n) is 9.60. The summed E-state index contributed by atoms with van der Waals surface area (Å²) in [4.78, 5) is 4.43. The van der Waals surface area contributed by atoms with E-state index < -0.39 is 10.0 Å². The Hall–Kier alpha value is -2.43. The summed E-state index contributed by atoms with van der Waals surface area (Å²) < 4.78 is 33.4. The van der Waals surface area contributed by atoms with Crippen LogP contribution in [0.25, 0.3) is 11.4 Å². The number of ether oxygens (including phenoxy) is 1. The molecule has 0 amide bonds. The first kappa shape index (κ1) is 20.8. The summed E-state index contributed by atoms with van der Waals surface area (Å²) in [6.07, 6.45) is 5.83. The van der Waals surface area contributed by atoms with Crippen LogP contribution >= 0.6 is 11.8 Å². The maximum absolute atomic E-state index is 12.1. The number of benzene rings is 1. The van der Waals surface area contributed by atoms with Crippen LogP contribution in [0.4, 0.5) is 0 Å². The van der Waals surface area contributed by atoms with Crippen molar-refractivity contribution in [2.24, 2.45) is 0 Å². The standard InChI is InChI=1S/C20H23N5O3S2/c1-24(2)30(26,27)18-9-7-17(8-10-18)28-12-13-29-20-23-22-19(25(20)16-5-6-16)15-4-3-11-21-14-15/h3-4,7-11,14,16H,5-6,12-13H2,1-2H3. The molecule has 2 aromatic heterocycles. The third kappa shape index (κ3) is 4.50. The SMILES string of the molecule is CN(C)S(=O)(=O)c1ccc(OCCSc2nnc(-c3cccnc3)n2C2CC2)cc1. The van der Waals surface area contributed by atoms with Gasteiger partial charge in [0.05, 0.1) is 11.5 Å². The zero-order chi connectivity index (χ0) is 21.1. The molecule has 30 heavy (non-hydrogen) atoms. The Balaban J connectivity index is 1.36. The number of rotatable bonds is 9. The molecule has 158 valence electrons. The van der Waals surface area contributed by atoms with Crippen molar-refractivity contribution in [3.8, 4) is 17.1 Å². The third-order valence-electron chi connectivity index (χ3n) is 4.68. The highest BCUT2D eigenvalue weighted by atomic mass is 32.2. The fraction of sp³-hybridized carbons (Fsp3) is 0.350. The van der Waals surface area contributed by atoms with Gasteiger partial charge >= 0.3 is 0 Å². The number of sulfonamides is 1. The summed E-state index contributed by atoms with van der Waals surface area (Å²) in [6, 6.07) is 10.8. The highest BCUT2D eigenvalue weighted by Crippen LogP contribution is 2.40. The molecule has 3 aromatic rings. The Morgan fingerprint density at radius 2 is 1.93 bits per heavy atom. The van der Waals surface area contributed by atoms with E-state index in [9.17, 15) is 8.42 Å². The molecule has 1 aliphatic rings. The van der Waals surface area contributed by atoms with Gasteiger partial charge in [0.2, 0.25) is 10.0 Å². The van der Waals surface area contributed by atoms with Gasteiger partial charge in [-0.15, -0.1) is 10.2 Å². The van der Waals surface area contributed by atoms with Crippen LogP contribution in [-0.4, -0.2) is 58.9 Å². The van der Waals surface area contributed by atoms with E-state index in [0.717, 1.165) is 29.4 Å². The first-order valence-corrected chi connectivity index (χ1v) is 12.0. The van der Waals surface area contributed by atoms with Gasteiger partial charge in [-0.25, -0.2) is 12.7 Å². The van der Waals surface area contributed by atoms with Crippen molar-refractivity contribution < 1.29 is 13.2 Å². The fourth-order valence-electron chi connectivity index (χ4n) is 2.94. The zero-order valence-corrected chi connectivity index (χ0v) is 18.4. The number of hydrogen-bond acceptors (Lipinski definition) is 7. The Morgan fingerprint density at radius 3 is 2.57 bits per heavy atom. The van der Waals surface area contributed by atoms with Crippen LogP contribution in [-0.2, 0) is 10.0 Å². The number of nitrogens with zero attached hydrogens (tertiary/aromatic N) is 5. The smallest absolute Gasteiger partial charge is 0.242 e. The summed E-state index contributed by atoms with van der Waals surface area (Å²) >= 11 is 1.60. The Kier molecular flexibility index (Phi) is 6.07. The van der Waals surface area contributed by atoms with Crippen molar-refractivity contribution in [2.45, 2.75) is 28.9 Å². The van der Waals surface area contributed by atoms with Crippen molar-refractivity contribution >= 4 is 21.8 Å². The van der Waals surface area contributed by atoms with Gasteiger partial charge in [0, 0.05) is 43.8 Å². The Morgan fingerprint density at radius 1 is 1.17 bits per heavy atom. The Labute approximate surface area is 180 Å². The fourth-order valence-corrected chi connectivity index (χ4v) is 4.66. The molecule has 0 saturated heterocycles. The zero-order valence-electron chi connectivity index (χ0n) is 16.8. The van der Waals surface area contributed by atoms with Gasteiger partial charge in [0.15, 0.2) is 11.0 Å². The molecular formula is C20H23N5O3S2. The topological polar surface area (TPSA) is 90.2 Å². The number of pyridine rings is 1. The molecule has 1 saturated carbocycles. The van der Waals surface area contributed by atoms with E-state index in [1.54, 1.807) is 48.4 Å². The number of hydrogen-bond donors (Lipinski definition) is 0. The monoisotopic (exact) mass is 445 g/mol. The Bertz CT molecular complexity index is 1100. The second-order valence-electron chi connectivity index (χ2n) is 7.10. The molecule has 0 N–H and O–H groups in total. The van der Waals surface area contributed by atoms with Gasteiger partial charge in [0.1, 0.15) is 5.75 Å². The third-order valence-corrected chi connectivity index (χ3v) is 7.42. The molecule has 0 unspecified atom stereocenters. The van der Waals surface area contributed by atoms with Crippen LogP contribution in [0.3, 0.4) is 0 Å². The van der Waals surface area contributed by atoms with Crippen LogP contribution in [0.15, 0.2) is 58.8 Å². The maximum atomic E-state index is 12.1. The molecule has 0 radical (unpaired) electrons. The number of aromatic nitrogens is 4. The predicted octanol–water partition coefficient (Wildman–Crippen LogP) is 3.10. The first-order chi connectivity index (χ1) is 14.5. The minimum atomic E-state index is -3.43. The quantitative estimate of drug-likeness (QED) is 0.369. The maximum Gasteiger partial charge on any atom is 0.242 e. The van der Waals surface area contributed by atoms with E-state index in [4.69, 9.17) is 4.74 Å². The highest BCUT2D eigenvalue weighted by molar-refractivity contribution is 7.99. The van der Waals surface area contributed by atoms with Crippen LogP contribution < -0.4 is 4.74 Å². The molecule has 10 heteroatoms. The van der Waals surface area contributed by atoms with Gasteiger partial charge in [0.25, 0.3) is 0 Å². The second-order valence-corrected chi connectivity index (χ2v) is 10.3. The molecule has 1 fully saturated rings. The predicted molar refractivity (Wildman–Crippen MR) is 115 cm³/mol. The highest BCUT2D eigenvalue weighted by Gasteiger charge is 2.30. The van der Waals surface area contributed by atoms with Crippen LogP contribution in [0.2, 0.25) is 0 Å². The van der Waals surface area contributed by atoms with Crippen LogP contribution in [0.5, 0.6) is 5.75 Å². The van der Waals surface area contributed by atoms with E-state index in [-0.39, 0.29) is 4.90 Å². The van der Waals surface area contributed by atoms with E-state index in [0.29, 0.717) is 24.2 Å². The van der Waals surface area contributed by atoms with Gasteiger partial charge in [-0.05, 0) is 49.2 Å². The van der Waals surface area contributed by atoms with Crippen molar-refractivity contribution in [2.75, 3.05) is 26.5 Å². The molecule has 1 aromatic carbocycles. The molecule has 8 nitrogen and oxygen atoms in total. The molecule has 0 atom stereocenters. The lowest BCUT2D eigenvalue weighted by Crippen LogP contribution is -2.22. The summed E-state index contributed by atoms with van der Waals surface area (Å²) in [5, 5.41) is 9.64. The lowest BCUT2D eigenvalue weighted by atomic mass is 10.3. The molecule has 0 bridgehead atoms. The summed E-state index contributed by atoms with van der Waals surface area (Å²) in [7, 11) is -0.409. The van der Waals surface area contributed by atoms with Gasteiger partial charge in [-0.2, -0.15) is 0 Å². The minimum absolute atomic E-state index is 0.245. The lowest BCUT2D eigenvalue weighted by Gasteiger charge is -2.12. The second kappa shape index (κ2) is 8.75. The average Bonchev–Trinajstić information content (AvgIpc) is 3.51. The van der Waals surface area contributed by atoms with Gasteiger partial charge in [-0.3, -0.25) is 9.55 Å². The van der Waals surface area contributed by atoms with Crippen molar-refractivity contribution in [3.05, 3.63) is 48.8 Å². The van der Waals surface area contributed by atoms with E-state index in [2.05, 4.69) is 19.7 Å². The van der Waals surface area contributed by atoms with Crippen LogP contribution in [0, 0.1) is 0 Å². The van der Waals surface area contributed by atoms with E-state index >= 15 is 0 Å². The van der Waals surface area contributed by atoms with Crippen molar-refractivity contribution in [3.63, 3.8) is 0 Å². The van der Waals surface area contributed by atoms with Crippen molar-refractivity contribution in [1.29, 1.82) is 0 Å². The van der Waals surface area contributed by atoms with E-state index in [1.165, 1.54) is 18.4 Å². The molecule has 1 aliphatic carbocycles. The minimum Gasteiger partial charge on any atom is -0.493 e. The largest absolute Gasteiger partial charge is 0.493 e. The normalized spacial score (nSPS) is 14.2. The number of thioether (sulfide) groups is 1. The molecular weight excluding hydrogens is 422 g/mol. The van der Waals surface area contributed by atoms with Gasteiger partial charge < -0.3 is 4.74 Å². The average molecular weight is 446 g/mol. The molecule has 4 rings (SSSR count). The summed E-state index contributed by atoms with van der Waals surface area (Å²) in [5.41, 5.74) is 0.966. The van der Waals surface area contributed by atoms with E-state index in [1.807, 2.05) is 12.1 Å². The molecule has 0 aliphatic heterocycles. The summed E-state index contributed by atoms with van der Waals surface area (Å²) in [5.74, 6) is 2.19. The van der Waals surface area contributed by atoms with Gasteiger partial charge in [-0.1, -0.05) is 11.8 Å².